The van der Waals surface area contributed by atoms with Gasteiger partial charge in [-0.2, -0.15) is 0 Å². The molecule has 126 valence electrons. The standard InChI is InChI=1S/C16H11ClF3NO3/c1-8-2-3-14(13(20)4-8)21-15(22)7-24-16(23)9-5-11(18)12(19)6-10(9)17/h2-6H,7H2,1H3,(H,21,22). The highest BCUT2D eigenvalue weighted by Crippen LogP contribution is 2.21. The number of rotatable bonds is 4. The summed E-state index contributed by atoms with van der Waals surface area (Å²) < 4.78 is 44.3. The number of anilines is 1. The van der Waals surface area contributed by atoms with E-state index in [4.69, 9.17) is 11.6 Å². The molecule has 0 bridgehead atoms. The summed E-state index contributed by atoms with van der Waals surface area (Å²) in [7, 11) is 0. The molecule has 1 amide bonds. The zero-order valence-electron chi connectivity index (χ0n) is 12.3. The van der Waals surface area contributed by atoms with Gasteiger partial charge in [-0.3, -0.25) is 4.79 Å². The molecule has 0 spiro atoms. The van der Waals surface area contributed by atoms with Crippen molar-refractivity contribution in [2.24, 2.45) is 0 Å². The topological polar surface area (TPSA) is 55.4 Å². The van der Waals surface area contributed by atoms with E-state index in [0.717, 1.165) is 0 Å². The minimum absolute atomic E-state index is 0.0764. The van der Waals surface area contributed by atoms with Crippen LogP contribution in [0.25, 0.3) is 0 Å². The van der Waals surface area contributed by atoms with Gasteiger partial charge in [0.15, 0.2) is 18.2 Å². The fourth-order valence-electron chi connectivity index (χ4n) is 1.80. The fraction of sp³-hybridized carbons (Fsp3) is 0.125. The molecule has 0 saturated carbocycles. The number of hydrogen-bond donors (Lipinski definition) is 1. The number of benzene rings is 2. The maximum absolute atomic E-state index is 13.6. The fourth-order valence-corrected chi connectivity index (χ4v) is 2.02. The van der Waals surface area contributed by atoms with E-state index in [1.165, 1.54) is 12.1 Å². The van der Waals surface area contributed by atoms with Gasteiger partial charge in [-0.25, -0.2) is 18.0 Å². The van der Waals surface area contributed by atoms with E-state index in [1.54, 1.807) is 13.0 Å². The van der Waals surface area contributed by atoms with Gasteiger partial charge in [0.05, 0.1) is 16.3 Å². The Morgan fingerprint density at radius 3 is 2.42 bits per heavy atom. The minimum atomic E-state index is -1.28. The van der Waals surface area contributed by atoms with E-state index in [1.807, 2.05) is 0 Å². The lowest BCUT2D eigenvalue weighted by Gasteiger charge is -2.09. The van der Waals surface area contributed by atoms with Gasteiger partial charge in [0.1, 0.15) is 5.82 Å². The summed E-state index contributed by atoms with van der Waals surface area (Å²) in [5, 5.41) is 1.86. The molecular formula is C16H11ClF3NO3. The number of aryl methyl sites for hydroxylation is 1. The summed E-state index contributed by atoms with van der Waals surface area (Å²) >= 11 is 5.62. The number of halogens is 4. The molecule has 4 nitrogen and oxygen atoms in total. The molecule has 0 heterocycles. The zero-order chi connectivity index (χ0) is 17.9. The predicted molar refractivity (Wildman–Crippen MR) is 81.4 cm³/mol. The van der Waals surface area contributed by atoms with Crippen LogP contribution in [-0.2, 0) is 9.53 Å². The highest BCUT2D eigenvalue weighted by atomic mass is 35.5. The van der Waals surface area contributed by atoms with E-state index < -0.39 is 41.5 Å². The van der Waals surface area contributed by atoms with Crippen LogP contribution in [0.5, 0.6) is 0 Å². The normalized spacial score (nSPS) is 10.4. The molecular weight excluding hydrogens is 347 g/mol. The van der Waals surface area contributed by atoms with Gasteiger partial charge >= 0.3 is 5.97 Å². The summed E-state index contributed by atoms with van der Waals surface area (Å²) in [6, 6.07) is 5.36. The van der Waals surface area contributed by atoms with Gasteiger partial charge in [-0.15, -0.1) is 0 Å². The SMILES string of the molecule is Cc1ccc(NC(=O)COC(=O)c2cc(F)c(F)cc2Cl)c(F)c1. The number of nitrogens with one attached hydrogen (secondary N) is 1. The monoisotopic (exact) mass is 357 g/mol. The second-order valence-electron chi connectivity index (χ2n) is 4.85. The summed E-state index contributed by atoms with van der Waals surface area (Å²) in [4.78, 5) is 23.4. The Morgan fingerprint density at radius 1 is 1.08 bits per heavy atom. The highest BCUT2D eigenvalue weighted by Gasteiger charge is 2.18. The van der Waals surface area contributed by atoms with Crippen LogP contribution in [-0.4, -0.2) is 18.5 Å². The maximum atomic E-state index is 13.6. The van der Waals surface area contributed by atoms with Gasteiger partial charge in [0.25, 0.3) is 5.91 Å². The van der Waals surface area contributed by atoms with Gasteiger partial charge in [-0.05, 0) is 36.8 Å². The Kier molecular flexibility index (Phi) is 5.46. The molecule has 8 heteroatoms. The van der Waals surface area contributed by atoms with Gasteiger partial charge in [-0.1, -0.05) is 17.7 Å². The molecule has 0 fully saturated rings. The molecule has 0 radical (unpaired) electrons. The van der Waals surface area contributed by atoms with Crippen LogP contribution in [0.4, 0.5) is 18.9 Å². The third-order valence-corrected chi connectivity index (χ3v) is 3.28. The average Bonchev–Trinajstić information content (AvgIpc) is 2.51. The Balaban J connectivity index is 1.99. The van der Waals surface area contributed by atoms with Crippen molar-refractivity contribution in [1.82, 2.24) is 0 Å². The van der Waals surface area contributed by atoms with Crippen molar-refractivity contribution in [3.8, 4) is 0 Å². The Hall–Kier alpha value is -2.54. The first-order valence-corrected chi connectivity index (χ1v) is 7.03. The van der Waals surface area contributed by atoms with Crippen LogP contribution in [0.3, 0.4) is 0 Å². The van der Waals surface area contributed by atoms with E-state index >= 15 is 0 Å². The molecule has 0 unspecified atom stereocenters. The summed E-state index contributed by atoms with van der Waals surface area (Å²) in [6.45, 7) is 0.934. The Bertz CT molecular complexity index is 811. The third-order valence-electron chi connectivity index (χ3n) is 2.96. The third kappa shape index (κ3) is 4.26. The number of carbonyl (C=O) groups is 2. The molecule has 2 aromatic rings. The first-order chi connectivity index (χ1) is 11.3. The van der Waals surface area contributed by atoms with Crippen LogP contribution < -0.4 is 5.32 Å². The van der Waals surface area contributed by atoms with Crippen LogP contribution in [0, 0.1) is 24.4 Å². The minimum Gasteiger partial charge on any atom is -0.452 e. The molecule has 0 atom stereocenters. The van der Waals surface area contributed by atoms with Crippen LogP contribution in [0.1, 0.15) is 15.9 Å². The largest absolute Gasteiger partial charge is 0.452 e. The molecule has 0 aliphatic carbocycles. The lowest BCUT2D eigenvalue weighted by atomic mass is 10.2. The van der Waals surface area contributed by atoms with Gasteiger partial charge < -0.3 is 10.1 Å². The van der Waals surface area contributed by atoms with Crippen molar-refractivity contribution >= 4 is 29.2 Å². The first-order valence-electron chi connectivity index (χ1n) is 6.65. The zero-order valence-corrected chi connectivity index (χ0v) is 13.1. The van der Waals surface area contributed by atoms with Gasteiger partial charge in [0.2, 0.25) is 0 Å². The number of carbonyl (C=O) groups excluding carboxylic acids is 2. The number of ether oxygens (including phenoxy) is 1. The van der Waals surface area contributed by atoms with E-state index in [9.17, 15) is 22.8 Å². The summed E-state index contributed by atoms with van der Waals surface area (Å²) in [6.07, 6.45) is 0. The van der Waals surface area contributed by atoms with Crippen molar-refractivity contribution in [2.75, 3.05) is 11.9 Å². The molecule has 0 aliphatic heterocycles. The number of esters is 1. The molecule has 2 rings (SSSR count). The second kappa shape index (κ2) is 7.35. The van der Waals surface area contributed by atoms with Crippen LogP contribution >= 0.6 is 11.6 Å². The lowest BCUT2D eigenvalue weighted by molar-refractivity contribution is -0.119. The van der Waals surface area contributed by atoms with Crippen molar-refractivity contribution in [1.29, 1.82) is 0 Å². The van der Waals surface area contributed by atoms with Crippen LogP contribution in [0.2, 0.25) is 5.02 Å². The molecule has 1 N–H and O–H groups in total. The summed E-state index contributed by atoms with van der Waals surface area (Å²) in [5.74, 6) is -5.05. The lowest BCUT2D eigenvalue weighted by Crippen LogP contribution is -2.21. The van der Waals surface area contributed by atoms with Crippen molar-refractivity contribution < 1.29 is 27.5 Å². The molecule has 0 aliphatic rings. The first kappa shape index (κ1) is 17.8. The molecule has 2 aromatic carbocycles. The Morgan fingerprint density at radius 2 is 1.75 bits per heavy atom. The van der Waals surface area contributed by atoms with Crippen molar-refractivity contribution in [3.05, 3.63) is 63.9 Å². The highest BCUT2D eigenvalue weighted by molar-refractivity contribution is 6.33. The van der Waals surface area contributed by atoms with E-state index in [0.29, 0.717) is 17.7 Å². The van der Waals surface area contributed by atoms with Crippen LogP contribution in [0.15, 0.2) is 30.3 Å². The summed E-state index contributed by atoms with van der Waals surface area (Å²) in [5.41, 5.74) is 0.169. The van der Waals surface area contributed by atoms with E-state index in [2.05, 4.69) is 10.1 Å². The quantitative estimate of drug-likeness (QED) is 0.667. The second-order valence-corrected chi connectivity index (χ2v) is 5.26. The number of amides is 1. The number of hydrogen-bond acceptors (Lipinski definition) is 3. The molecule has 0 aromatic heterocycles. The average molecular weight is 358 g/mol. The van der Waals surface area contributed by atoms with Crippen molar-refractivity contribution in [3.63, 3.8) is 0 Å². The Labute approximate surface area is 140 Å². The predicted octanol–water partition coefficient (Wildman–Crippen LogP) is 3.86. The smallest absolute Gasteiger partial charge is 0.340 e. The van der Waals surface area contributed by atoms with Crippen molar-refractivity contribution in [2.45, 2.75) is 6.92 Å². The van der Waals surface area contributed by atoms with E-state index in [-0.39, 0.29) is 10.7 Å². The molecule has 0 saturated heterocycles. The molecule has 24 heavy (non-hydrogen) atoms. The maximum Gasteiger partial charge on any atom is 0.340 e. The van der Waals surface area contributed by atoms with Gasteiger partial charge in [0, 0.05) is 0 Å².